The highest BCUT2D eigenvalue weighted by molar-refractivity contribution is 7.27. The molecule has 5 nitrogen and oxygen atoms in total. The first-order valence-corrected chi connectivity index (χ1v) is 46.3. The van der Waals surface area contributed by atoms with Crippen LogP contribution in [0.3, 0.4) is 0 Å². The van der Waals surface area contributed by atoms with E-state index in [1.165, 1.54) is 84.0 Å². The number of rotatable bonds is 17. The van der Waals surface area contributed by atoms with E-state index in [1.807, 2.05) is 89.4 Å². The summed E-state index contributed by atoms with van der Waals surface area (Å²) in [6.45, 7) is 0. The van der Waals surface area contributed by atoms with Gasteiger partial charge in [-0.1, -0.05) is 352 Å². The van der Waals surface area contributed by atoms with E-state index in [0.717, 1.165) is 140 Å². The van der Waals surface area contributed by atoms with Crippen molar-refractivity contribution in [2.24, 2.45) is 0 Å². The van der Waals surface area contributed by atoms with E-state index in [-0.39, 0.29) is 5.82 Å². The summed E-state index contributed by atoms with van der Waals surface area (Å²) >= 11 is 3.72. The van der Waals surface area contributed by atoms with Crippen molar-refractivity contribution in [1.29, 1.82) is 0 Å². The zero-order valence-electron chi connectivity index (χ0n) is 71.7. The van der Waals surface area contributed by atoms with Crippen LogP contribution >= 0.6 is 22.7 Å². The number of furan rings is 1. The van der Waals surface area contributed by atoms with Crippen molar-refractivity contribution in [3.8, 4) is 55.6 Å². The molecule has 0 atom stereocenters. The van der Waals surface area contributed by atoms with Crippen molar-refractivity contribution < 1.29 is 8.81 Å². The lowest BCUT2D eigenvalue weighted by Crippen LogP contribution is -2.14. The molecule has 8 heteroatoms. The SMILES string of the molecule is Fc1cc(-c2ccccc2)cc(-c2ccccc2)c1N(c1ccc2c(c1)c1ccccc1c1c3ccc(N(c4ccccc4)c4ccccc4-c4ccccc4)cc3sc21)c1ccccc1-c1ccccc1.c1ccc(-c2ccccc2N(c2ccccc2)c2ccc3c(c2)sc2c4ccc(N(c5ccccc5)c5ccc6c(c5)oc5ccccc56)cc4c4ccccc4c32)cc1. The molecule has 3 heterocycles. The van der Waals surface area contributed by atoms with E-state index in [1.54, 1.807) is 6.07 Å². The van der Waals surface area contributed by atoms with Gasteiger partial charge in [0.05, 0.1) is 22.7 Å². The van der Waals surface area contributed by atoms with Crippen LogP contribution in [0.1, 0.15) is 0 Å². The lowest BCUT2D eigenvalue weighted by Gasteiger charge is -2.31. The quantitative estimate of drug-likeness (QED) is 0.0847. The van der Waals surface area contributed by atoms with Crippen molar-refractivity contribution in [3.05, 3.63) is 497 Å². The van der Waals surface area contributed by atoms with Crippen LogP contribution in [0.4, 0.5) is 72.6 Å². The Morgan fingerprint density at radius 2 is 0.492 bits per heavy atom. The van der Waals surface area contributed by atoms with Gasteiger partial charge in [0, 0.05) is 136 Å². The number of halogens is 1. The average Bonchev–Trinajstić information content (AvgIpc) is 1.61. The lowest BCUT2D eigenvalue weighted by atomic mass is 9.94. The van der Waals surface area contributed by atoms with E-state index in [0.29, 0.717) is 5.69 Å². The Bertz CT molecular complexity index is 8670. The number of fused-ring (bicyclic) bond motifs is 19. The second kappa shape index (κ2) is 33.8. The van der Waals surface area contributed by atoms with E-state index in [4.69, 9.17) is 4.42 Å². The Hall–Kier alpha value is -16.8. The molecule has 0 spiro atoms. The van der Waals surface area contributed by atoms with Gasteiger partial charge < -0.3 is 24.0 Å². The zero-order chi connectivity index (χ0) is 87.5. The second-order valence-corrected chi connectivity index (χ2v) is 35.5. The molecule has 25 rings (SSSR count). The fourth-order valence-corrected chi connectivity index (χ4v) is 22.3. The molecule has 0 N–H and O–H groups in total. The Labute approximate surface area is 771 Å². The van der Waals surface area contributed by atoms with Gasteiger partial charge in [0.2, 0.25) is 0 Å². The third-order valence-corrected chi connectivity index (χ3v) is 28.1. The van der Waals surface area contributed by atoms with Gasteiger partial charge in [-0.15, -0.1) is 22.7 Å². The van der Waals surface area contributed by atoms with Gasteiger partial charge in [-0.05, 0) is 199 Å². The van der Waals surface area contributed by atoms with E-state index in [2.05, 4.69) is 438 Å². The number of nitrogens with zero attached hydrogens (tertiary/aromatic N) is 4. The Kier molecular flexibility index (Phi) is 20.1. The van der Waals surface area contributed by atoms with Gasteiger partial charge in [-0.2, -0.15) is 0 Å². The summed E-state index contributed by atoms with van der Waals surface area (Å²) in [6.07, 6.45) is 0. The Balaban J connectivity index is 0.000000148. The van der Waals surface area contributed by atoms with Crippen molar-refractivity contribution in [2.45, 2.75) is 0 Å². The minimum absolute atomic E-state index is 0.310. The Morgan fingerprint density at radius 1 is 0.182 bits per heavy atom. The molecule has 3 aromatic heterocycles. The predicted molar refractivity (Wildman–Crippen MR) is 562 cm³/mol. The summed E-state index contributed by atoms with van der Waals surface area (Å²) in [7, 11) is 0. The minimum Gasteiger partial charge on any atom is -0.456 e. The van der Waals surface area contributed by atoms with Gasteiger partial charge in [0.1, 0.15) is 17.0 Å². The maximum Gasteiger partial charge on any atom is 0.148 e. The molecule has 22 aromatic carbocycles. The molecule has 0 radical (unpaired) electrons. The fraction of sp³-hybridized carbons (Fsp3) is 0. The molecule has 0 aliphatic rings. The number of anilines is 12. The van der Waals surface area contributed by atoms with Gasteiger partial charge in [0.15, 0.2) is 0 Å². The molecule has 0 saturated heterocycles. The van der Waals surface area contributed by atoms with Crippen LogP contribution in [-0.4, -0.2) is 0 Å². The summed E-state index contributed by atoms with van der Waals surface area (Å²) in [5.74, 6) is -0.310. The van der Waals surface area contributed by atoms with Crippen LogP contribution in [0.2, 0.25) is 0 Å². The van der Waals surface area contributed by atoms with E-state index in [9.17, 15) is 0 Å². The highest BCUT2D eigenvalue weighted by Gasteiger charge is 2.29. The normalized spacial score (nSPS) is 11.5. The first-order chi connectivity index (χ1) is 65.4. The first kappa shape index (κ1) is 78.7. The van der Waals surface area contributed by atoms with Gasteiger partial charge in [0.25, 0.3) is 0 Å². The molecule has 25 aromatic rings. The zero-order valence-corrected chi connectivity index (χ0v) is 73.3. The van der Waals surface area contributed by atoms with Crippen LogP contribution in [0.5, 0.6) is 0 Å². The molecular weight excluding hydrogens is 1640 g/mol. The van der Waals surface area contributed by atoms with E-state index < -0.39 is 0 Å². The molecule has 0 amide bonds. The summed E-state index contributed by atoms with van der Waals surface area (Å²) in [5, 5.41) is 16.9. The van der Waals surface area contributed by atoms with Crippen LogP contribution in [-0.2, 0) is 0 Å². The maximum atomic E-state index is 17.9. The van der Waals surface area contributed by atoms with Gasteiger partial charge >= 0.3 is 0 Å². The number of hydrogen-bond acceptors (Lipinski definition) is 7. The summed E-state index contributed by atoms with van der Waals surface area (Å²) in [6, 6.07) is 174. The molecule has 0 bridgehead atoms. The fourth-order valence-electron chi connectivity index (χ4n) is 19.7. The molecule has 0 fully saturated rings. The minimum atomic E-state index is -0.310. The number of benzene rings is 22. The third-order valence-electron chi connectivity index (χ3n) is 25.7. The van der Waals surface area contributed by atoms with Crippen molar-refractivity contribution in [2.75, 3.05) is 19.6 Å². The lowest BCUT2D eigenvalue weighted by molar-refractivity contribution is 0.630. The van der Waals surface area contributed by atoms with Crippen molar-refractivity contribution in [1.82, 2.24) is 0 Å². The van der Waals surface area contributed by atoms with Crippen LogP contribution < -0.4 is 19.6 Å². The van der Waals surface area contributed by atoms with E-state index >= 15 is 4.39 Å². The maximum absolute atomic E-state index is 17.9. The highest BCUT2D eigenvalue weighted by Crippen LogP contribution is 2.55. The van der Waals surface area contributed by atoms with Crippen LogP contribution in [0.15, 0.2) is 496 Å². The smallest absolute Gasteiger partial charge is 0.148 e. The standard InChI is InChI=1S/C68H45FN2S.C56H36N2OS/c69-62-43-50(46-22-6-1-7-23-46)42-60(49-28-12-4-13-29-49)67(62)71(64-37-21-19-33-55(64)48-26-10-3-11-27-48)52-38-40-58-61(44-52)56-34-16-17-35-57(56)66-59-41-39-53(45-65(59)72-68(58)66)70(51-30-14-5-15-31-51)63-36-20-18-32-54(63)47-24-8-2-9-25-47;1-4-16-37(17-5-1)43-22-12-14-26-51(43)58(39-20-8-3-9-21-39)42-30-33-49-54(36-42)60-56-48-32-29-40(34-50(48)44-23-10-11-25-47(44)55(49)56)57(38-18-6-2-7-19-38)41-28-31-46-45-24-13-15-27-52(45)59-53(46)35-41/h1-45H;1-36H. The van der Waals surface area contributed by atoms with Gasteiger partial charge in [-0.25, -0.2) is 4.39 Å². The molecule has 0 unspecified atom stereocenters. The number of para-hydroxylation sites is 7. The summed E-state index contributed by atoms with van der Waals surface area (Å²) < 4.78 is 29.3. The van der Waals surface area contributed by atoms with Crippen LogP contribution in [0, 0.1) is 5.82 Å². The monoisotopic (exact) mass is 1720 g/mol. The molecular formula is C124H81FN4OS2. The topological polar surface area (TPSA) is 26.1 Å². The molecule has 0 saturated carbocycles. The molecule has 132 heavy (non-hydrogen) atoms. The third kappa shape index (κ3) is 14.1. The van der Waals surface area contributed by atoms with Crippen molar-refractivity contribution in [3.63, 3.8) is 0 Å². The molecule has 622 valence electrons. The number of hydrogen-bond donors (Lipinski definition) is 0. The summed E-state index contributed by atoms with van der Waals surface area (Å²) in [4.78, 5) is 9.27. The second-order valence-electron chi connectivity index (χ2n) is 33.4. The largest absolute Gasteiger partial charge is 0.456 e. The molecule has 0 aliphatic heterocycles. The Morgan fingerprint density at radius 3 is 0.932 bits per heavy atom. The van der Waals surface area contributed by atoms with Gasteiger partial charge in [-0.3, -0.25) is 0 Å². The molecule has 0 aliphatic carbocycles. The van der Waals surface area contributed by atoms with Crippen LogP contribution in [0.25, 0.3) is 161 Å². The highest BCUT2D eigenvalue weighted by atomic mass is 32.1. The van der Waals surface area contributed by atoms with Crippen molar-refractivity contribution >= 4 is 196 Å². The summed E-state index contributed by atoms with van der Waals surface area (Å²) in [5.41, 5.74) is 24.1. The predicted octanol–water partition coefficient (Wildman–Crippen LogP) is 37.0. The average molecular weight is 1730 g/mol. The first-order valence-electron chi connectivity index (χ1n) is 44.7. The number of thiophene rings is 2.